The van der Waals surface area contributed by atoms with Crippen LogP contribution in [0.3, 0.4) is 0 Å². The maximum atomic E-state index is 13.2. The molecule has 8 heteroatoms. The molecule has 7 nitrogen and oxygen atoms in total. The molecule has 28 heavy (non-hydrogen) atoms. The van der Waals surface area contributed by atoms with Gasteiger partial charge in [0, 0.05) is 12.1 Å². The van der Waals surface area contributed by atoms with E-state index in [1.54, 1.807) is 32.0 Å². The van der Waals surface area contributed by atoms with E-state index in [0.29, 0.717) is 12.2 Å². The van der Waals surface area contributed by atoms with Crippen molar-refractivity contribution in [3.05, 3.63) is 41.7 Å². The number of aryl methyl sites for hydroxylation is 1. The third-order valence-corrected chi connectivity index (χ3v) is 6.58. The lowest BCUT2D eigenvalue weighted by molar-refractivity contribution is -0.116. The second-order valence-corrected chi connectivity index (χ2v) is 9.84. The van der Waals surface area contributed by atoms with Crippen molar-refractivity contribution < 1.29 is 17.7 Å². The fraction of sp³-hybridized carbons (Fsp3) is 0.500. The first-order valence-corrected chi connectivity index (χ1v) is 10.7. The number of hydrogen-bond acceptors (Lipinski definition) is 5. The van der Waals surface area contributed by atoms with Crippen LogP contribution in [0.2, 0.25) is 0 Å². The molecule has 0 bridgehead atoms. The number of aromatic nitrogens is 1. The van der Waals surface area contributed by atoms with E-state index in [4.69, 9.17) is 4.52 Å². The highest BCUT2D eigenvalue weighted by atomic mass is 32.2. The molecule has 1 heterocycles. The highest BCUT2D eigenvalue weighted by Crippen LogP contribution is 2.25. The summed E-state index contributed by atoms with van der Waals surface area (Å²) in [5.74, 6) is 0.350. The van der Waals surface area contributed by atoms with Gasteiger partial charge in [-0.2, -0.15) is 4.31 Å². The highest BCUT2D eigenvalue weighted by Gasteiger charge is 2.30. The fourth-order valence-electron chi connectivity index (χ4n) is 2.69. The number of amides is 1. The second-order valence-electron chi connectivity index (χ2n) is 7.95. The zero-order valence-electron chi connectivity index (χ0n) is 17.3. The van der Waals surface area contributed by atoms with E-state index in [1.807, 2.05) is 19.1 Å². The van der Waals surface area contributed by atoms with Crippen LogP contribution in [0, 0.1) is 6.92 Å². The smallest absolute Gasteiger partial charge is 0.243 e. The first-order chi connectivity index (χ1) is 12.9. The summed E-state index contributed by atoms with van der Waals surface area (Å²) in [7, 11) is -3.83. The van der Waals surface area contributed by atoms with Crippen molar-refractivity contribution in [3.63, 3.8) is 0 Å². The van der Waals surface area contributed by atoms with E-state index >= 15 is 0 Å². The van der Waals surface area contributed by atoms with Gasteiger partial charge in [0.1, 0.15) is 5.76 Å². The van der Waals surface area contributed by atoms with Crippen LogP contribution in [0.15, 0.2) is 39.8 Å². The summed E-state index contributed by atoms with van der Waals surface area (Å²) >= 11 is 0. The highest BCUT2D eigenvalue weighted by molar-refractivity contribution is 7.89. The Morgan fingerprint density at radius 1 is 1.25 bits per heavy atom. The molecule has 0 aliphatic rings. The SMILES string of the molecule is CC[C@@H](C)N(CC(=O)Nc1cc(C)on1)S(=O)(=O)c1ccc(C(C)(C)C)cc1. The number of nitrogens with one attached hydrogen (secondary N) is 1. The normalized spacial score (nSPS) is 13.5. The van der Waals surface area contributed by atoms with Gasteiger partial charge in [0.25, 0.3) is 0 Å². The maximum absolute atomic E-state index is 13.2. The Hall–Kier alpha value is -2.19. The van der Waals surface area contributed by atoms with Crippen LogP contribution in [0.5, 0.6) is 0 Å². The molecule has 1 aromatic heterocycles. The van der Waals surface area contributed by atoms with Crippen LogP contribution in [0.25, 0.3) is 0 Å². The van der Waals surface area contributed by atoms with Crippen LogP contribution >= 0.6 is 0 Å². The summed E-state index contributed by atoms with van der Waals surface area (Å²) in [6.45, 7) is 11.3. The summed E-state index contributed by atoms with van der Waals surface area (Å²) < 4.78 is 32.5. The van der Waals surface area contributed by atoms with E-state index < -0.39 is 15.9 Å². The molecule has 1 atom stereocenters. The van der Waals surface area contributed by atoms with Crippen molar-refractivity contribution in [2.45, 2.75) is 64.3 Å². The summed E-state index contributed by atoms with van der Waals surface area (Å²) in [5.41, 5.74) is 0.967. The molecule has 0 saturated heterocycles. The number of nitrogens with zero attached hydrogens (tertiary/aromatic N) is 2. The van der Waals surface area contributed by atoms with Crippen LogP contribution in [-0.2, 0) is 20.2 Å². The van der Waals surface area contributed by atoms with Crippen molar-refractivity contribution in [3.8, 4) is 0 Å². The Morgan fingerprint density at radius 3 is 2.32 bits per heavy atom. The Bertz CT molecular complexity index is 912. The molecule has 0 unspecified atom stereocenters. The molecule has 0 aliphatic carbocycles. The fourth-order valence-corrected chi connectivity index (χ4v) is 4.35. The first kappa shape index (κ1) is 22.1. The van der Waals surface area contributed by atoms with Gasteiger partial charge in [-0.05, 0) is 43.4 Å². The number of anilines is 1. The molecule has 0 spiro atoms. The lowest BCUT2D eigenvalue weighted by Crippen LogP contribution is -2.43. The largest absolute Gasteiger partial charge is 0.360 e. The predicted octanol–water partition coefficient (Wildman–Crippen LogP) is 3.71. The Kier molecular flexibility index (Phi) is 6.67. The molecule has 1 aromatic carbocycles. The van der Waals surface area contributed by atoms with Crippen molar-refractivity contribution in [1.82, 2.24) is 9.46 Å². The zero-order valence-corrected chi connectivity index (χ0v) is 18.1. The van der Waals surface area contributed by atoms with Gasteiger partial charge in [-0.1, -0.05) is 45.0 Å². The lowest BCUT2D eigenvalue weighted by Gasteiger charge is -2.27. The topological polar surface area (TPSA) is 92.5 Å². The van der Waals surface area contributed by atoms with E-state index in [0.717, 1.165) is 5.56 Å². The van der Waals surface area contributed by atoms with Gasteiger partial charge in [0.15, 0.2) is 5.82 Å². The molecular formula is C20H29N3O4S. The van der Waals surface area contributed by atoms with Gasteiger partial charge < -0.3 is 9.84 Å². The third-order valence-electron chi connectivity index (χ3n) is 4.60. The van der Waals surface area contributed by atoms with Crippen molar-refractivity contribution >= 4 is 21.7 Å². The molecule has 2 rings (SSSR count). The first-order valence-electron chi connectivity index (χ1n) is 9.30. The summed E-state index contributed by atoms with van der Waals surface area (Å²) in [6, 6.07) is 8.08. The number of carbonyl (C=O) groups excluding carboxylic acids is 1. The molecule has 0 fully saturated rings. The minimum Gasteiger partial charge on any atom is -0.360 e. The van der Waals surface area contributed by atoms with Crippen LogP contribution in [0.1, 0.15) is 52.4 Å². The molecule has 0 radical (unpaired) electrons. The molecule has 2 aromatic rings. The Morgan fingerprint density at radius 2 is 1.86 bits per heavy atom. The second kappa shape index (κ2) is 8.45. The van der Waals surface area contributed by atoms with Gasteiger partial charge in [0.2, 0.25) is 15.9 Å². The van der Waals surface area contributed by atoms with E-state index in [9.17, 15) is 13.2 Å². The summed E-state index contributed by atoms with van der Waals surface area (Å²) in [5, 5.41) is 6.28. The lowest BCUT2D eigenvalue weighted by atomic mass is 9.87. The Balaban J connectivity index is 2.26. The zero-order chi connectivity index (χ0) is 21.1. The number of hydrogen-bond donors (Lipinski definition) is 1. The van der Waals surface area contributed by atoms with Crippen LogP contribution in [-0.4, -0.2) is 36.4 Å². The molecule has 154 valence electrons. The number of sulfonamides is 1. The quantitative estimate of drug-likeness (QED) is 0.755. The average molecular weight is 408 g/mol. The molecule has 0 aliphatic heterocycles. The molecule has 1 amide bonds. The van der Waals surface area contributed by atoms with E-state index in [1.165, 1.54) is 4.31 Å². The predicted molar refractivity (Wildman–Crippen MR) is 109 cm³/mol. The standard InChI is InChI=1S/C20H29N3O4S/c1-7-14(2)23(13-19(24)21-18-12-15(3)27-22-18)28(25,26)17-10-8-16(9-11-17)20(4,5)6/h8-12,14H,7,13H2,1-6H3,(H,21,22,24)/t14-/m1/s1. The molecular weight excluding hydrogens is 378 g/mol. The molecule has 1 N–H and O–H groups in total. The maximum Gasteiger partial charge on any atom is 0.243 e. The van der Waals surface area contributed by atoms with Crippen LogP contribution in [0.4, 0.5) is 5.82 Å². The van der Waals surface area contributed by atoms with Crippen molar-refractivity contribution in [2.75, 3.05) is 11.9 Å². The van der Waals surface area contributed by atoms with Gasteiger partial charge >= 0.3 is 0 Å². The van der Waals surface area contributed by atoms with Gasteiger partial charge in [-0.15, -0.1) is 0 Å². The van der Waals surface area contributed by atoms with E-state index in [-0.39, 0.29) is 28.7 Å². The van der Waals surface area contributed by atoms with Gasteiger partial charge in [-0.25, -0.2) is 8.42 Å². The van der Waals surface area contributed by atoms with Gasteiger partial charge in [0.05, 0.1) is 11.4 Å². The number of benzene rings is 1. The van der Waals surface area contributed by atoms with E-state index in [2.05, 4.69) is 31.2 Å². The number of rotatable bonds is 7. The van der Waals surface area contributed by atoms with Crippen molar-refractivity contribution in [2.24, 2.45) is 0 Å². The van der Waals surface area contributed by atoms with Crippen LogP contribution < -0.4 is 5.32 Å². The van der Waals surface area contributed by atoms with Gasteiger partial charge in [-0.3, -0.25) is 4.79 Å². The minimum atomic E-state index is -3.83. The summed E-state index contributed by atoms with van der Waals surface area (Å²) in [4.78, 5) is 12.6. The van der Waals surface area contributed by atoms with Crippen molar-refractivity contribution in [1.29, 1.82) is 0 Å². The summed E-state index contributed by atoms with van der Waals surface area (Å²) in [6.07, 6.45) is 0.579. The monoisotopic (exact) mass is 407 g/mol. The average Bonchev–Trinajstić information content (AvgIpc) is 3.03. The third kappa shape index (κ3) is 5.20. The Labute approximate surface area is 167 Å². The minimum absolute atomic E-state index is 0.0751. The number of carbonyl (C=O) groups is 1. The molecule has 0 saturated carbocycles.